The van der Waals surface area contributed by atoms with Crippen LogP contribution in [-0.4, -0.2) is 49.1 Å². The van der Waals surface area contributed by atoms with E-state index in [1.54, 1.807) is 0 Å². The molecule has 1 aromatic carbocycles. The van der Waals surface area contributed by atoms with Gasteiger partial charge in [-0.05, 0) is 37.6 Å². The lowest BCUT2D eigenvalue weighted by Gasteiger charge is -2.32. The van der Waals surface area contributed by atoms with E-state index in [1.807, 2.05) is 18.2 Å². The molecule has 23 heavy (non-hydrogen) atoms. The van der Waals surface area contributed by atoms with E-state index in [4.69, 9.17) is 14.2 Å². The van der Waals surface area contributed by atoms with Gasteiger partial charge in [0.05, 0.1) is 19.3 Å². The lowest BCUT2D eigenvalue weighted by Crippen LogP contribution is -2.40. The number of aliphatic hydroxyl groups is 1. The third-order valence-electron chi connectivity index (χ3n) is 4.71. The monoisotopic (exact) mass is 321 g/mol. The summed E-state index contributed by atoms with van der Waals surface area (Å²) < 4.78 is 16.3. The van der Waals surface area contributed by atoms with Crippen LogP contribution in [0.1, 0.15) is 37.7 Å². The number of rotatable bonds is 7. The Bertz CT molecular complexity index is 502. The van der Waals surface area contributed by atoms with Gasteiger partial charge in [0, 0.05) is 12.6 Å². The summed E-state index contributed by atoms with van der Waals surface area (Å²) in [6.45, 7) is 1.78. The molecule has 3 rings (SSSR count). The number of hydrogen-bond donors (Lipinski definition) is 1. The number of fused-ring (bicyclic) bond motifs is 1. The normalized spacial score (nSPS) is 19.3. The topological polar surface area (TPSA) is 51.2 Å². The standard InChI is InChI=1S/C18H27NO4/c1-19(15-5-3-2-4-6-15)10-16(20)12-21-11-14-7-8-17-18(9-14)23-13-22-17/h7-9,15-16,20H,2-6,10-13H2,1H3. The highest BCUT2D eigenvalue weighted by atomic mass is 16.7. The van der Waals surface area contributed by atoms with E-state index >= 15 is 0 Å². The molecule has 5 heteroatoms. The van der Waals surface area contributed by atoms with E-state index in [0.717, 1.165) is 17.1 Å². The Morgan fingerprint density at radius 1 is 1.22 bits per heavy atom. The second kappa shape index (κ2) is 7.99. The van der Waals surface area contributed by atoms with Gasteiger partial charge in [0.15, 0.2) is 11.5 Å². The molecule has 1 saturated carbocycles. The van der Waals surface area contributed by atoms with Crippen molar-refractivity contribution < 1.29 is 19.3 Å². The van der Waals surface area contributed by atoms with Crippen molar-refractivity contribution in [3.63, 3.8) is 0 Å². The van der Waals surface area contributed by atoms with Crippen LogP contribution in [0.2, 0.25) is 0 Å². The minimum Gasteiger partial charge on any atom is -0.454 e. The zero-order valence-corrected chi connectivity index (χ0v) is 13.9. The lowest BCUT2D eigenvalue weighted by atomic mass is 9.94. The Morgan fingerprint density at radius 2 is 2.00 bits per heavy atom. The predicted octanol–water partition coefficient (Wildman–Crippen LogP) is 2.56. The summed E-state index contributed by atoms with van der Waals surface area (Å²) in [5.74, 6) is 1.55. The van der Waals surface area contributed by atoms with Crippen molar-refractivity contribution in [1.29, 1.82) is 0 Å². The van der Waals surface area contributed by atoms with E-state index in [-0.39, 0.29) is 6.79 Å². The van der Waals surface area contributed by atoms with Gasteiger partial charge in [-0.2, -0.15) is 0 Å². The van der Waals surface area contributed by atoms with E-state index in [1.165, 1.54) is 32.1 Å². The molecule has 0 spiro atoms. The van der Waals surface area contributed by atoms with Gasteiger partial charge in [0.2, 0.25) is 6.79 Å². The smallest absolute Gasteiger partial charge is 0.231 e. The first-order valence-corrected chi connectivity index (χ1v) is 8.57. The fourth-order valence-electron chi connectivity index (χ4n) is 3.40. The first-order valence-electron chi connectivity index (χ1n) is 8.57. The van der Waals surface area contributed by atoms with Gasteiger partial charge in [-0.25, -0.2) is 0 Å². The molecule has 1 fully saturated rings. The van der Waals surface area contributed by atoms with Crippen molar-refractivity contribution in [2.45, 2.75) is 50.9 Å². The molecule has 0 saturated heterocycles. The van der Waals surface area contributed by atoms with Crippen LogP contribution < -0.4 is 9.47 Å². The quantitative estimate of drug-likeness (QED) is 0.836. The molecule has 0 radical (unpaired) electrons. The van der Waals surface area contributed by atoms with Crippen molar-refractivity contribution in [3.05, 3.63) is 23.8 Å². The first kappa shape index (κ1) is 16.6. The highest BCUT2D eigenvalue weighted by molar-refractivity contribution is 5.44. The number of nitrogens with zero attached hydrogens (tertiary/aromatic N) is 1. The largest absolute Gasteiger partial charge is 0.454 e. The molecule has 128 valence electrons. The van der Waals surface area contributed by atoms with Crippen molar-refractivity contribution in [2.24, 2.45) is 0 Å². The zero-order valence-electron chi connectivity index (χ0n) is 13.9. The third kappa shape index (κ3) is 4.59. The molecule has 1 atom stereocenters. The molecular weight excluding hydrogens is 294 g/mol. The molecular formula is C18H27NO4. The van der Waals surface area contributed by atoms with Gasteiger partial charge in [0.1, 0.15) is 0 Å². The molecule has 1 aliphatic carbocycles. The van der Waals surface area contributed by atoms with Crippen molar-refractivity contribution >= 4 is 0 Å². The summed E-state index contributed by atoms with van der Waals surface area (Å²) in [5, 5.41) is 10.2. The van der Waals surface area contributed by atoms with Crippen LogP contribution in [-0.2, 0) is 11.3 Å². The van der Waals surface area contributed by atoms with Crippen LogP contribution in [0.25, 0.3) is 0 Å². The average molecular weight is 321 g/mol. The van der Waals surface area contributed by atoms with Gasteiger partial charge < -0.3 is 24.2 Å². The average Bonchev–Trinajstić information content (AvgIpc) is 3.03. The Kier molecular flexibility index (Phi) is 5.75. The summed E-state index contributed by atoms with van der Waals surface area (Å²) in [7, 11) is 2.11. The van der Waals surface area contributed by atoms with Gasteiger partial charge in [-0.15, -0.1) is 0 Å². The van der Waals surface area contributed by atoms with Crippen LogP contribution in [0.3, 0.4) is 0 Å². The molecule has 0 amide bonds. The van der Waals surface area contributed by atoms with Crippen molar-refractivity contribution in [2.75, 3.05) is 27.0 Å². The lowest BCUT2D eigenvalue weighted by molar-refractivity contribution is 0.00486. The van der Waals surface area contributed by atoms with Crippen LogP contribution in [0.5, 0.6) is 11.5 Å². The zero-order chi connectivity index (χ0) is 16.1. The van der Waals surface area contributed by atoms with Crippen molar-refractivity contribution in [3.8, 4) is 11.5 Å². The molecule has 1 aliphatic heterocycles. The first-order chi connectivity index (χ1) is 11.2. The number of aliphatic hydroxyl groups excluding tert-OH is 1. The fraction of sp³-hybridized carbons (Fsp3) is 0.667. The van der Waals surface area contributed by atoms with Gasteiger partial charge >= 0.3 is 0 Å². The Labute approximate surface area is 138 Å². The molecule has 1 heterocycles. The maximum atomic E-state index is 10.2. The summed E-state index contributed by atoms with van der Waals surface area (Å²) >= 11 is 0. The third-order valence-corrected chi connectivity index (χ3v) is 4.71. The van der Waals surface area contributed by atoms with E-state index in [0.29, 0.717) is 25.8 Å². The molecule has 0 bridgehead atoms. The minimum atomic E-state index is -0.448. The van der Waals surface area contributed by atoms with Crippen LogP contribution in [0.15, 0.2) is 18.2 Å². The van der Waals surface area contributed by atoms with Crippen LogP contribution >= 0.6 is 0 Å². The molecule has 1 N–H and O–H groups in total. The maximum absolute atomic E-state index is 10.2. The van der Waals surface area contributed by atoms with Crippen LogP contribution in [0, 0.1) is 0 Å². The van der Waals surface area contributed by atoms with Crippen molar-refractivity contribution in [1.82, 2.24) is 4.90 Å². The molecule has 1 aromatic rings. The molecule has 2 aliphatic rings. The van der Waals surface area contributed by atoms with E-state index in [9.17, 15) is 5.11 Å². The number of hydrogen-bond acceptors (Lipinski definition) is 5. The van der Waals surface area contributed by atoms with Crippen LogP contribution in [0.4, 0.5) is 0 Å². The summed E-state index contributed by atoms with van der Waals surface area (Å²) in [6, 6.07) is 6.41. The maximum Gasteiger partial charge on any atom is 0.231 e. The highest BCUT2D eigenvalue weighted by Crippen LogP contribution is 2.32. The summed E-state index contributed by atoms with van der Waals surface area (Å²) in [6.07, 6.45) is 6.03. The summed E-state index contributed by atoms with van der Waals surface area (Å²) in [5.41, 5.74) is 1.03. The van der Waals surface area contributed by atoms with Gasteiger partial charge in [-0.1, -0.05) is 25.3 Å². The second-order valence-electron chi connectivity index (χ2n) is 6.59. The second-order valence-corrected chi connectivity index (χ2v) is 6.59. The van der Waals surface area contributed by atoms with Gasteiger partial charge in [-0.3, -0.25) is 0 Å². The summed E-state index contributed by atoms with van der Waals surface area (Å²) in [4.78, 5) is 2.29. The minimum absolute atomic E-state index is 0.284. The fourth-order valence-corrected chi connectivity index (χ4v) is 3.40. The molecule has 1 unspecified atom stereocenters. The Hall–Kier alpha value is -1.30. The molecule has 5 nitrogen and oxygen atoms in total. The Morgan fingerprint density at radius 3 is 2.83 bits per heavy atom. The predicted molar refractivity (Wildman–Crippen MR) is 87.7 cm³/mol. The number of ether oxygens (including phenoxy) is 3. The van der Waals surface area contributed by atoms with E-state index in [2.05, 4.69) is 11.9 Å². The van der Waals surface area contributed by atoms with Gasteiger partial charge in [0.25, 0.3) is 0 Å². The highest BCUT2D eigenvalue weighted by Gasteiger charge is 2.20. The van der Waals surface area contributed by atoms with E-state index < -0.39 is 6.10 Å². The Balaban J connectivity index is 1.38. The SMILES string of the molecule is CN(CC(O)COCc1ccc2c(c1)OCO2)C1CCCCC1. The molecule has 0 aromatic heterocycles. The number of likely N-dealkylation sites (N-methyl/N-ethyl adjacent to an activating group) is 1. The number of benzene rings is 1.